The molecule has 1 aliphatic rings. The molecule has 1 aromatic rings. The molecule has 7 heteroatoms. The normalized spacial score (nSPS) is 14.8. The molecule has 1 aromatic heterocycles. The molecular weight excluding hydrogens is 282 g/mol. The van der Waals surface area contributed by atoms with E-state index < -0.39 is 0 Å². The van der Waals surface area contributed by atoms with Crippen molar-refractivity contribution in [1.82, 2.24) is 19.8 Å². The van der Waals surface area contributed by atoms with Crippen LogP contribution in [0, 0.1) is 0 Å². The van der Waals surface area contributed by atoms with Gasteiger partial charge in [-0.1, -0.05) is 6.92 Å². The van der Waals surface area contributed by atoms with Crippen LogP contribution in [0.15, 0.2) is 18.5 Å². The maximum absolute atomic E-state index is 12.3. The number of aromatic nitrogens is 2. The maximum Gasteiger partial charge on any atom is 0.242 e. The molecular formula is C15H23N5O2. The molecule has 0 radical (unpaired) electrons. The molecule has 2 rings (SSSR count). The van der Waals surface area contributed by atoms with Crippen LogP contribution in [0.3, 0.4) is 0 Å². The highest BCUT2D eigenvalue weighted by Gasteiger charge is 2.24. The summed E-state index contributed by atoms with van der Waals surface area (Å²) in [6, 6.07) is 1.79. The zero-order chi connectivity index (χ0) is 15.9. The van der Waals surface area contributed by atoms with Gasteiger partial charge in [0.1, 0.15) is 0 Å². The SMILES string of the molecule is CCCN(CC(=O)N1CCN(c2ncccn2)CC1)C(C)=O. The number of rotatable bonds is 5. The zero-order valence-electron chi connectivity index (χ0n) is 13.2. The van der Waals surface area contributed by atoms with Crippen molar-refractivity contribution < 1.29 is 9.59 Å². The summed E-state index contributed by atoms with van der Waals surface area (Å²) in [6.07, 6.45) is 4.29. The molecule has 22 heavy (non-hydrogen) atoms. The van der Waals surface area contributed by atoms with Crippen LogP contribution in [0.5, 0.6) is 0 Å². The van der Waals surface area contributed by atoms with E-state index in [0.717, 1.165) is 6.42 Å². The van der Waals surface area contributed by atoms with Crippen molar-refractivity contribution >= 4 is 17.8 Å². The molecule has 1 fully saturated rings. The molecule has 7 nitrogen and oxygen atoms in total. The van der Waals surface area contributed by atoms with Crippen molar-refractivity contribution in [1.29, 1.82) is 0 Å². The van der Waals surface area contributed by atoms with Gasteiger partial charge in [0, 0.05) is 52.0 Å². The van der Waals surface area contributed by atoms with Crippen molar-refractivity contribution in [2.45, 2.75) is 20.3 Å². The van der Waals surface area contributed by atoms with Crippen molar-refractivity contribution in [3.05, 3.63) is 18.5 Å². The Labute approximate surface area is 130 Å². The van der Waals surface area contributed by atoms with Gasteiger partial charge in [0.15, 0.2) is 0 Å². The smallest absolute Gasteiger partial charge is 0.242 e. The van der Waals surface area contributed by atoms with Crippen LogP contribution in [0.25, 0.3) is 0 Å². The van der Waals surface area contributed by atoms with E-state index in [1.807, 2.05) is 11.8 Å². The van der Waals surface area contributed by atoms with Crippen molar-refractivity contribution in [3.8, 4) is 0 Å². The van der Waals surface area contributed by atoms with Gasteiger partial charge < -0.3 is 14.7 Å². The fourth-order valence-electron chi connectivity index (χ4n) is 2.49. The van der Waals surface area contributed by atoms with E-state index >= 15 is 0 Å². The summed E-state index contributed by atoms with van der Waals surface area (Å²) in [5.74, 6) is 0.662. The first kappa shape index (κ1) is 16.2. The molecule has 0 aliphatic carbocycles. The second-order valence-electron chi connectivity index (χ2n) is 5.36. The minimum Gasteiger partial charge on any atom is -0.338 e. The third-order valence-electron chi connectivity index (χ3n) is 3.73. The highest BCUT2D eigenvalue weighted by Crippen LogP contribution is 2.10. The third kappa shape index (κ3) is 4.16. The standard InChI is InChI=1S/C15H23N5O2/c1-3-7-20(13(2)21)12-14(22)18-8-10-19(11-9-18)15-16-5-4-6-17-15/h4-6H,3,7-12H2,1-2H3. The Bertz CT molecular complexity index is 500. The molecule has 0 N–H and O–H groups in total. The lowest BCUT2D eigenvalue weighted by molar-refractivity contribution is -0.139. The Kier molecular flexibility index (Phi) is 5.68. The van der Waals surface area contributed by atoms with Gasteiger partial charge in [0.05, 0.1) is 6.54 Å². The first-order valence-electron chi connectivity index (χ1n) is 7.67. The van der Waals surface area contributed by atoms with Crippen LogP contribution in [0.4, 0.5) is 5.95 Å². The molecule has 0 bridgehead atoms. The number of amides is 2. The van der Waals surface area contributed by atoms with E-state index in [1.165, 1.54) is 6.92 Å². The summed E-state index contributed by atoms with van der Waals surface area (Å²) in [5.41, 5.74) is 0. The number of anilines is 1. The van der Waals surface area contributed by atoms with Gasteiger partial charge in [0.25, 0.3) is 0 Å². The Morgan fingerprint density at radius 2 is 1.82 bits per heavy atom. The number of carbonyl (C=O) groups excluding carboxylic acids is 2. The lowest BCUT2D eigenvalue weighted by atomic mass is 10.3. The Balaban J connectivity index is 1.85. The average Bonchev–Trinajstić information content (AvgIpc) is 2.55. The molecule has 2 amide bonds. The lowest BCUT2D eigenvalue weighted by Gasteiger charge is -2.35. The molecule has 2 heterocycles. The Morgan fingerprint density at radius 3 is 2.36 bits per heavy atom. The predicted molar refractivity (Wildman–Crippen MR) is 83.4 cm³/mol. The van der Waals surface area contributed by atoms with E-state index in [1.54, 1.807) is 23.4 Å². The highest BCUT2D eigenvalue weighted by molar-refractivity contribution is 5.84. The third-order valence-corrected chi connectivity index (χ3v) is 3.73. The molecule has 1 saturated heterocycles. The number of nitrogens with zero attached hydrogens (tertiary/aromatic N) is 5. The first-order valence-corrected chi connectivity index (χ1v) is 7.67. The van der Waals surface area contributed by atoms with E-state index in [4.69, 9.17) is 0 Å². The monoisotopic (exact) mass is 305 g/mol. The van der Waals surface area contributed by atoms with Gasteiger partial charge in [-0.15, -0.1) is 0 Å². The molecule has 0 unspecified atom stereocenters. The molecule has 1 aliphatic heterocycles. The summed E-state index contributed by atoms with van der Waals surface area (Å²) in [5, 5.41) is 0. The Hall–Kier alpha value is -2.18. The van der Waals surface area contributed by atoms with E-state index in [0.29, 0.717) is 38.7 Å². The van der Waals surface area contributed by atoms with E-state index in [2.05, 4.69) is 14.9 Å². The number of piperazine rings is 1. The van der Waals surface area contributed by atoms with Gasteiger partial charge in [-0.25, -0.2) is 9.97 Å². The van der Waals surface area contributed by atoms with Gasteiger partial charge in [-0.3, -0.25) is 9.59 Å². The van der Waals surface area contributed by atoms with E-state index in [9.17, 15) is 9.59 Å². The van der Waals surface area contributed by atoms with Gasteiger partial charge in [-0.2, -0.15) is 0 Å². The van der Waals surface area contributed by atoms with Crippen LogP contribution in [0.1, 0.15) is 20.3 Å². The van der Waals surface area contributed by atoms with Crippen LogP contribution in [0.2, 0.25) is 0 Å². The summed E-state index contributed by atoms with van der Waals surface area (Å²) < 4.78 is 0. The Morgan fingerprint density at radius 1 is 1.18 bits per heavy atom. The van der Waals surface area contributed by atoms with Crippen molar-refractivity contribution in [2.24, 2.45) is 0 Å². The van der Waals surface area contributed by atoms with Gasteiger partial charge in [0.2, 0.25) is 17.8 Å². The maximum atomic E-state index is 12.3. The minimum absolute atomic E-state index is 0.0114. The summed E-state index contributed by atoms with van der Waals surface area (Å²) >= 11 is 0. The second kappa shape index (κ2) is 7.72. The largest absolute Gasteiger partial charge is 0.338 e. The zero-order valence-corrected chi connectivity index (χ0v) is 13.2. The fraction of sp³-hybridized carbons (Fsp3) is 0.600. The van der Waals surface area contributed by atoms with Crippen molar-refractivity contribution in [2.75, 3.05) is 44.2 Å². The first-order chi connectivity index (χ1) is 10.6. The predicted octanol–water partition coefficient (Wildman–Crippen LogP) is 0.384. The molecule has 120 valence electrons. The van der Waals surface area contributed by atoms with Gasteiger partial charge in [-0.05, 0) is 12.5 Å². The molecule has 0 spiro atoms. The van der Waals surface area contributed by atoms with Crippen molar-refractivity contribution in [3.63, 3.8) is 0 Å². The number of carbonyl (C=O) groups is 2. The fourth-order valence-corrected chi connectivity index (χ4v) is 2.49. The van der Waals surface area contributed by atoms with Gasteiger partial charge >= 0.3 is 0 Å². The molecule has 0 saturated carbocycles. The molecule has 0 aromatic carbocycles. The summed E-state index contributed by atoms with van der Waals surface area (Å²) in [6.45, 7) is 6.99. The summed E-state index contributed by atoms with van der Waals surface area (Å²) in [4.78, 5) is 37.8. The quantitative estimate of drug-likeness (QED) is 0.787. The van der Waals surface area contributed by atoms with Crippen LogP contribution in [-0.2, 0) is 9.59 Å². The number of hydrogen-bond acceptors (Lipinski definition) is 5. The van der Waals surface area contributed by atoms with Crippen LogP contribution >= 0.6 is 0 Å². The minimum atomic E-state index is -0.0495. The van der Waals surface area contributed by atoms with Crippen LogP contribution < -0.4 is 4.90 Å². The lowest BCUT2D eigenvalue weighted by Crippen LogP contribution is -2.52. The van der Waals surface area contributed by atoms with E-state index in [-0.39, 0.29) is 18.4 Å². The highest BCUT2D eigenvalue weighted by atomic mass is 16.2. The topological polar surface area (TPSA) is 69.6 Å². The number of hydrogen-bond donors (Lipinski definition) is 0. The summed E-state index contributed by atoms with van der Waals surface area (Å²) in [7, 11) is 0. The van der Waals surface area contributed by atoms with Crippen LogP contribution in [-0.4, -0.2) is 70.9 Å². The average molecular weight is 305 g/mol. The second-order valence-corrected chi connectivity index (χ2v) is 5.36. The molecule has 0 atom stereocenters.